The maximum absolute atomic E-state index is 14.8. The zero-order chi connectivity index (χ0) is 26.6. The monoisotopic (exact) mass is 546 g/mol. The van der Waals surface area contributed by atoms with E-state index >= 15 is 0 Å². The fourth-order valence-electron chi connectivity index (χ4n) is 4.54. The molecule has 0 radical (unpaired) electrons. The van der Waals surface area contributed by atoms with Gasteiger partial charge in [-0.2, -0.15) is 0 Å². The molecule has 2 heterocycles. The van der Waals surface area contributed by atoms with Gasteiger partial charge in [-0.25, -0.2) is 27.8 Å². The summed E-state index contributed by atoms with van der Waals surface area (Å²) >= 11 is 6.00. The zero-order valence-electron chi connectivity index (χ0n) is 21.2. The van der Waals surface area contributed by atoms with Gasteiger partial charge in [0.05, 0.1) is 5.02 Å². The van der Waals surface area contributed by atoms with Crippen LogP contribution in [-0.4, -0.2) is 54.4 Å². The second-order valence-corrected chi connectivity index (χ2v) is 11.7. The number of nitrogens with zero attached hydrogens (tertiary/aromatic N) is 4. The summed E-state index contributed by atoms with van der Waals surface area (Å²) in [6.45, 7) is 1.72. The Morgan fingerprint density at radius 1 is 1.08 bits per heavy atom. The van der Waals surface area contributed by atoms with Crippen molar-refractivity contribution in [3.63, 3.8) is 0 Å². The molecule has 1 aromatic carbocycles. The summed E-state index contributed by atoms with van der Waals surface area (Å²) in [7, 11) is 0.176. The third-order valence-corrected chi connectivity index (χ3v) is 8.62. The highest BCUT2D eigenvalue weighted by Gasteiger charge is 2.23. The highest BCUT2D eigenvalue weighted by Crippen LogP contribution is 2.26. The van der Waals surface area contributed by atoms with Crippen molar-refractivity contribution in [2.45, 2.75) is 62.4 Å². The molecule has 198 valence electrons. The summed E-state index contributed by atoms with van der Waals surface area (Å²) in [5.74, 6) is -0.494. The van der Waals surface area contributed by atoms with Crippen LogP contribution in [0.3, 0.4) is 0 Å². The van der Waals surface area contributed by atoms with Gasteiger partial charge in [-0.15, -0.1) is 0 Å². The van der Waals surface area contributed by atoms with E-state index in [9.17, 15) is 12.8 Å². The van der Waals surface area contributed by atoms with Gasteiger partial charge in [0.1, 0.15) is 4.90 Å². The lowest BCUT2D eigenvalue weighted by Crippen LogP contribution is -2.36. The number of pyridine rings is 1. The molecule has 0 aliphatic heterocycles. The third-order valence-electron chi connectivity index (χ3n) is 6.78. The minimum atomic E-state index is -4.08. The molecule has 0 saturated heterocycles. The summed E-state index contributed by atoms with van der Waals surface area (Å²) in [5.41, 5.74) is 2.13. The first-order valence-corrected chi connectivity index (χ1v) is 14.2. The number of nitrogens with one attached hydrogen (secondary N) is 2. The van der Waals surface area contributed by atoms with Crippen molar-refractivity contribution in [1.29, 1.82) is 0 Å². The molecule has 1 fully saturated rings. The number of aryl methyl sites for hydroxylation is 3. The Hall–Kier alpha value is -2.82. The molecule has 0 amide bonds. The van der Waals surface area contributed by atoms with E-state index in [1.165, 1.54) is 18.2 Å². The first kappa shape index (κ1) is 27.2. The van der Waals surface area contributed by atoms with Crippen molar-refractivity contribution in [1.82, 2.24) is 19.9 Å². The fourth-order valence-corrected chi connectivity index (χ4v) is 6.08. The van der Waals surface area contributed by atoms with Gasteiger partial charge >= 0.3 is 0 Å². The number of hydrogen-bond acceptors (Lipinski definition) is 7. The predicted molar refractivity (Wildman–Crippen MR) is 144 cm³/mol. The second-order valence-electron chi connectivity index (χ2n) is 9.63. The quantitative estimate of drug-likeness (QED) is 0.396. The molecule has 0 spiro atoms. The van der Waals surface area contributed by atoms with Crippen molar-refractivity contribution >= 4 is 33.4 Å². The number of anilines is 2. The van der Waals surface area contributed by atoms with E-state index in [1.807, 2.05) is 0 Å². The van der Waals surface area contributed by atoms with Gasteiger partial charge in [0, 0.05) is 30.2 Å². The Bertz CT molecular complexity index is 1330. The van der Waals surface area contributed by atoms with Crippen LogP contribution in [0.15, 0.2) is 47.6 Å². The molecule has 37 heavy (non-hydrogen) atoms. The molecule has 1 aliphatic carbocycles. The Kier molecular flexibility index (Phi) is 8.61. The SMILES string of the molecule is Cc1nc(NS(=O)(=O)c2ccccc2Cl)c(F)cc1CCc1cnc(N[C@H]2CC[C@H](N(C)C)CC2)nc1. The summed E-state index contributed by atoms with van der Waals surface area (Å²) in [4.78, 5) is 15.2. The molecule has 0 bridgehead atoms. The van der Waals surface area contributed by atoms with E-state index < -0.39 is 15.8 Å². The van der Waals surface area contributed by atoms with Gasteiger partial charge in [0.25, 0.3) is 10.0 Å². The van der Waals surface area contributed by atoms with Gasteiger partial charge < -0.3 is 10.2 Å². The molecular formula is C26H32ClFN6O2S. The molecule has 8 nitrogen and oxygen atoms in total. The van der Waals surface area contributed by atoms with Crippen molar-refractivity contribution < 1.29 is 12.8 Å². The van der Waals surface area contributed by atoms with E-state index in [-0.39, 0.29) is 15.7 Å². The van der Waals surface area contributed by atoms with Crippen LogP contribution in [0.25, 0.3) is 0 Å². The van der Waals surface area contributed by atoms with Crippen molar-refractivity contribution in [2.75, 3.05) is 24.1 Å². The number of rotatable bonds is 9. The van der Waals surface area contributed by atoms with Crippen LogP contribution in [0.1, 0.15) is 42.5 Å². The first-order valence-electron chi connectivity index (χ1n) is 12.3. The molecule has 2 N–H and O–H groups in total. The summed E-state index contributed by atoms with van der Waals surface area (Å²) in [6.07, 6.45) is 9.18. The van der Waals surface area contributed by atoms with Gasteiger partial charge in [0.2, 0.25) is 5.95 Å². The van der Waals surface area contributed by atoms with Crippen molar-refractivity contribution in [3.05, 3.63) is 70.4 Å². The maximum atomic E-state index is 14.8. The Labute approximate surface area is 222 Å². The molecule has 1 saturated carbocycles. The van der Waals surface area contributed by atoms with Crippen LogP contribution in [0.2, 0.25) is 5.02 Å². The molecule has 4 rings (SSSR count). The van der Waals surface area contributed by atoms with Crippen LogP contribution in [0.4, 0.5) is 16.2 Å². The molecular weight excluding hydrogens is 515 g/mol. The van der Waals surface area contributed by atoms with Crippen LogP contribution in [0, 0.1) is 12.7 Å². The fraction of sp³-hybridized carbons (Fsp3) is 0.423. The zero-order valence-corrected chi connectivity index (χ0v) is 22.8. The molecule has 2 aromatic heterocycles. The van der Waals surface area contributed by atoms with E-state index in [0.717, 1.165) is 31.2 Å². The summed E-state index contributed by atoms with van der Waals surface area (Å²) < 4.78 is 42.3. The largest absolute Gasteiger partial charge is 0.351 e. The van der Waals surface area contributed by atoms with E-state index in [2.05, 4.69) is 44.0 Å². The first-order chi connectivity index (χ1) is 17.6. The van der Waals surface area contributed by atoms with Crippen LogP contribution >= 0.6 is 11.6 Å². The van der Waals surface area contributed by atoms with E-state index in [4.69, 9.17) is 11.6 Å². The molecule has 0 atom stereocenters. The highest BCUT2D eigenvalue weighted by atomic mass is 35.5. The Balaban J connectivity index is 1.35. The lowest BCUT2D eigenvalue weighted by Gasteiger charge is -2.32. The van der Waals surface area contributed by atoms with Gasteiger partial charge in [-0.1, -0.05) is 23.7 Å². The van der Waals surface area contributed by atoms with Crippen molar-refractivity contribution in [3.8, 4) is 0 Å². The summed E-state index contributed by atoms with van der Waals surface area (Å²) in [6, 6.07) is 8.30. The van der Waals surface area contributed by atoms with Crippen LogP contribution < -0.4 is 10.0 Å². The van der Waals surface area contributed by atoms with E-state index in [0.29, 0.717) is 42.1 Å². The highest BCUT2D eigenvalue weighted by molar-refractivity contribution is 7.92. The van der Waals surface area contributed by atoms with E-state index in [1.54, 1.807) is 31.5 Å². The molecule has 11 heteroatoms. The minimum absolute atomic E-state index is 0.0453. The molecule has 0 unspecified atom stereocenters. The van der Waals surface area contributed by atoms with Gasteiger partial charge in [0.15, 0.2) is 11.6 Å². The number of aromatic nitrogens is 3. The molecule has 1 aliphatic rings. The number of halogens is 2. The normalized spacial score (nSPS) is 18.1. The third kappa shape index (κ3) is 6.94. The minimum Gasteiger partial charge on any atom is -0.351 e. The lowest BCUT2D eigenvalue weighted by molar-refractivity contribution is 0.221. The average Bonchev–Trinajstić information content (AvgIpc) is 2.86. The number of sulfonamides is 1. The van der Waals surface area contributed by atoms with Crippen molar-refractivity contribution in [2.24, 2.45) is 0 Å². The van der Waals surface area contributed by atoms with Crippen LogP contribution in [-0.2, 0) is 22.9 Å². The Morgan fingerprint density at radius 3 is 2.41 bits per heavy atom. The smallest absolute Gasteiger partial charge is 0.264 e. The lowest BCUT2D eigenvalue weighted by atomic mass is 9.91. The van der Waals surface area contributed by atoms with Gasteiger partial charge in [-0.3, -0.25) is 4.72 Å². The summed E-state index contributed by atoms with van der Waals surface area (Å²) in [5, 5.41) is 3.48. The second kappa shape index (κ2) is 11.7. The predicted octanol–water partition coefficient (Wildman–Crippen LogP) is 4.84. The standard InChI is InChI=1S/C26H32ClFN6O2S/c1-17-19(14-23(28)25(31-17)33-37(35,36)24-7-5-4-6-22(24)27)9-8-18-15-29-26(30-16-18)32-20-10-12-21(13-11-20)34(2)3/h4-7,14-16,20-21H,8-13H2,1-3H3,(H,31,33)(H,29,30,32)/t20-,21-. The Morgan fingerprint density at radius 2 is 1.76 bits per heavy atom. The topological polar surface area (TPSA) is 100 Å². The van der Waals surface area contributed by atoms with Gasteiger partial charge in [-0.05, 0) is 88.9 Å². The number of hydrogen-bond donors (Lipinski definition) is 2. The van der Waals surface area contributed by atoms with Crippen LogP contribution in [0.5, 0.6) is 0 Å². The number of benzene rings is 1. The maximum Gasteiger partial charge on any atom is 0.264 e. The molecule has 3 aromatic rings. The average molecular weight is 547 g/mol.